The highest BCUT2D eigenvalue weighted by atomic mass is 79.9. The number of hydrogen-bond donors (Lipinski definition) is 1. The van der Waals surface area contributed by atoms with Gasteiger partial charge in [-0.15, -0.1) is 11.3 Å². The van der Waals surface area contributed by atoms with E-state index >= 15 is 0 Å². The van der Waals surface area contributed by atoms with Crippen LogP contribution in [0.2, 0.25) is 0 Å². The second-order valence-corrected chi connectivity index (χ2v) is 6.75. The molecule has 2 rings (SSSR count). The van der Waals surface area contributed by atoms with Gasteiger partial charge in [-0.25, -0.2) is 0 Å². The van der Waals surface area contributed by atoms with Crippen LogP contribution in [0.25, 0.3) is 6.08 Å². The molecule has 0 aromatic carbocycles. The molecular weight excluding hydrogens is 342 g/mol. The molecule has 2 heterocycles. The van der Waals surface area contributed by atoms with Crippen LogP contribution in [0.1, 0.15) is 37.0 Å². The fraction of sp³-hybridized carbons (Fsp3) is 0.143. The maximum absolute atomic E-state index is 12.2. The molecule has 0 saturated heterocycles. The molecule has 0 aliphatic rings. The number of aromatic nitrogens is 1. The van der Waals surface area contributed by atoms with Crippen molar-refractivity contribution in [2.45, 2.75) is 13.8 Å². The van der Waals surface area contributed by atoms with E-state index in [1.807, 2.05) is 12.1 Å². The fourth-order valence-electron chi connectivity index (χ4n) is 1.98. The molecule has 6 heteroatoms. The fourth-order valence-corrected chi connectivity index (χ4v) is 3.31. The van der Waals surface area contributed by atoms with Crippen molar-refractivity contribution in [1.82, 2.24) is 4.98 Å². The molecule has 0 aliphatic heterocycles. The lowest BCUT2D eigenvalue weighted by atomic mass is 10.1. The number of aromatic carboxylic acids is 1. The zero-order chi connectivity index (χ0) is 14.9. The summed E-state index contributed by atoms with van der Waals surface area (Å²) in [7, 11) is 0. The van der Waals surface area contributed by atoms with E-state index in [2.05, 4.69) is 20.9 Å². The van der Waals surface area contributed by atoms with Gasteiger partial charge in [0.2, 0.25) is 0 Å². The number of nitrogens with one attached hydrogen (secondary N) is 1. The zero-order valence-electron chi connectivity index (χ0n) is 10.8. The number of carbonyl (C=O) groups is 2. The number of allylic oxidation sites excluding steroid dienone is 1. The Labute approximate surface area is 128 Å². The molecule has 0 fully saturated rings. The number of aromatic amines is 1. The summed E-state index contributed by atoms with van der Waals surface area (Å²) in [6, 6.07) is 3.79. The largest absolute Gasteiger partial charge is 0.543 e. The molecule has 0 spiro atoms. The molecule has 2 aromatic rings. The van der Waals surface area contributed by atoms with Gasteiger partial charge in [-0.1, -0.05) is 0 Å². The molecule has 0 amide bonds. The van der Waals surface area contributed by atoms with Crippen molar-refractivity contribution in [3.05, 3.63) is 49.4 Å². The number of halogens is 1. The van der Waals surface area contributed by atoms with Crippen LogP contribution in [0.4, 0.5) is 0 Å². The second kappa shape index (κ2) is 5.76. The van der Waals surface area contributed by atoms with Gasteiger partial charge >= 0.3 is 0 Å². The van der Waals surface area contributed by atoms with E-state index in [0.717, 1.165) is 8.66 Å². The molecule has 0 bridgehead atoms. The lowest BCUT2D eigenvalue weighted by molar-refractivity contribution is -0.255. The van der Waals surface area contributed by atoms with Crippen LogP contribution in [0.3, 0.4) is 0 Å². The van der Waals surface area contributed by atoms with Crippen molar-refractivity contribution in [2.24, 2.45) is 0 Å². The maximum atomic E-state index is 12.2. The lowest BCUT2D eigenvalue weighted by Crippen LogP contribution is -2.23. The van der Waals surface area contributed by atoms with E-state index in [1.165, 1.54) is 17.4 Å². The average Bonchev–Trinajstić information content (AvgIpc) is 2.91. The van der Waals surface area contributed by atoms with Gasteiger partial charge in [0.1, 0.15) is 0 Å². The van der Waals surface area contributed by atoms with Gasteiger partial charge in [-0.3, -0.25) is 4.79 Å². The highest BCUT2D eigenvalue weighted by Crippen LogP contribution is 2.24. The van der Waals surface area contributed by atoms with Crippen LogP contribution in [-0.2, 0) is 0 Å². The van der Waals surface area contributed by atoms with Crippen LogP contribution in [0.5, 0.6) is 0 Å². The summed E-state index contributed by atoms with van der Waals surface area (Å²) < 4.78 is 0.984. The summed E-state index contributed by atoms with van der Waals surface area (Å²) in [5.74, 6) is -1.54. The number of carbonyl (C=O) groups excluding carboxylic acids is 2. The van der Waals surface area contributed by atoms with Crippen molar-refractivity contribution >= 4 is 45.1 Å². The number of carboxylic acid groups (broad SMARTS) is 1. The first kappa shape index (κ1) is 14.7. The Morgan fingerprint density at radius 3 is 2.55 bits per heavy atom. The van der Waals surface area contributed by atoms with Crippen molar-refractivity contribution < 1.29 is 14.7 Å². The standard InChI is InChI=1S/C14H12BrNO3S/c1-7-12(8(2)16-13(7)14(18)19)10(17)5-3-9-4-6-11(15)20-9/h3-6,16H,1-2H3,(H,18,19)/p-1/b5-3+. The van der Waals surface area contributed by atoms with E-state index in [9.17, 15) is 14.7 Å². The third-order valence-corrected chi connectivity index (χ3v) is 4.47. The third-order valence-electron chi connectivity index (χ3n) is 2.88. The van der Waals surface area contributed by atoms with Crippen LogP contribution in [-0.4, -0.2) is 16.7 Å². The lowest BCUT2D eigenvalue weighted by Gasteiger charge is -2.00. The Morgan fingerprint density at radius 1 is 1.35 bits per heavy atom. The molecule has 0 unspecified atom stereocenters. The second-order valence-electron chi connectivity index (χ2n) is 4.25. The quantitative estimate of drug-likeness (QED) is 0.679. The molecule has 0 saturated carbocycles. The number of H-pyrrole nitrogens is 1. The molecule has 0 atom stereocenters. The minimum Gasteiger partial charge on any atom is -0.543 e. The van der Waals surface area contributed by atoms with Gasteiger partial charge < -0.3 is 14.9 Å². The van der Waals surface area contributed by atoms with E-state index in [-0.39, 0.29) is 11.5 Å². The molecule has 0 aliphatic carbocycles. The highest BCUT2D eigenvalue weighted by molar-refractivity contribution is 9.11. The molecule has 0 radical (unpaired) electrons. The van der Waals surface area contributed by atoms with Gasteiger partial charge in [-0.2, -0.15) is 0 Å². The van der Waals surface area contributed by atoms with Gasteiger partial charge in [0.25, 0.3) is 0 Å². The first-order chi connectivity index (χ1) is 9.40. The molecule has 104 valence electrons. The summed E-state index contributed by atoms with van der Waals surface area (Å²) >= 11 is 4.86. The first-order valence-electron chi connectivity index (χ1n) is 5.78. The number of carboxylic acids is 1. The van der Waals surface area contributed by atoms with Crippen LogP contribution in [0.15, 0.2) is 22.0 Å². The summed E-state index contributed by atoms with van der Waals surface area (Å²) in [5, 5.41) is 10.9. The molecule has 4 nitrogen and oxygen atoms in total. The Kier molecular flexibility index (Phi) is 4.25. The Balaban J connectivity index is 2.30. The Morgan fingerprint density at radius 2 is 2.05 bits per heavy atom. The van der Waals surface area contributed by atoms with Gasteiger partial charge in [-0.05, 0) is 59.6 Å². The predicted molar refractivity (Wildman–Crippen MR) is 80.0 cm³/mol. The minimum absolute atomic E-state index is 0.0434. The van der Waals surface area contributed by atoms with Crippen molar-refractivity contribution in [2.75, 3.05) is 0 Å². The predicted octanol–water partition coefficient (Wildman–Crippen LogP) is 2.72. The van der Waals surface area contributed by atoms with Gasteiger partial charge in [0.05, 0.1) is 15.4 Å². The van der Waals surface area contributed by atoms with Crippen LogP contribution < -0.4 is 5.11 Å². The number of ketones is 1. The number of hydrogen-bond acceptors (Lipinski definition) is 4. The van der Waals surface area contributed by atoms with Crippen molar-refractivity contribution in [1.29, 1.82) is 0 Å². The summed E-state index contributed by atoms with van der Waals surface area (Å²) in [6.07, 6.45) is 3.16. The van der Waals surface area contributed by atoms with Crippen LogP contribution >= 0.6 is 27.3 Å². The Hall–Kier alpha value is -1.66. The minimum atomic E-state index is -1.31. The Bertz CT molecular complexity index is 712. The molecular formula is C14H11BrNO3S-. The molecule has 1 N–H and O–H groups in total. The molecule has 2 aromatic heterocycles. The first-order valence-corrected chi connectivity index (χ1v) is 7.39. The summed E-state index contributed by atoms with van der Waals surface area (Å²) in [6.45, 7) is 3.26. The summed E-state index contributed by atoms with van der Waals surface area (Å²) in [5.41, 5.74) is 1.28. The SMILES string of the molecule is Cc1[nH]c(C(=O)[O-])c(C)c1C(=O)/C=C/c1ccc(Br)s1. The maximum Gasteiger partial charge on any atom is 0.187 e. The topological polar surface area (TPSA) is 73.0 Å². The normalized spacial score (nSPS) is 11.2. The smallest absolute Gasteiger partial charge is 0.187 e. The average molecular weight is 353 g/mol. The number of thiophene rings is 1. The number of rotatable bonds is 4. The van der Waals surface area contributed by atoms with E-state index in [0.29, 0.717) is 16.8 Å². The van der Waals surface area contributed by atoms with Crippen molar-refractivity contribution in [3.63, 3.8) is 0 Å². The van der Waals surface area contributed by atoms with Gasteiger partial charge in [0, 0.05) is 16.1 Å². The third kappa shape index (κ3) is 2.91. The van der Waals surface area contributed by atoms with Gasteiger partial charge in [0.15, 0.2) is 5.78 Å². The highest BCUT2D eigenvalue weighted by Gasteiger charge is 2.16. The molecule has 20 heavy (non-hydrogen) atoms. The van der Waals surface area contributed by atoms with E-state index in [4.69, 9.17) is 0 Å². The van der Waals surface area contributed by atoms with E-state index < -0.39 is 5.97 Å². The zero-order valence-corrected chi connectivity index (χ0v) is 13.2. The van der Waals surface area contributed by atoms with E-state index in [1.54, 1.807) is 19.9 Å². The number of aryl methyl sites for hydroxylation is 1. The van der Waals surface area contributed by atoms with Crippen LogP contribution in [0, 0.1) is 13.8 Å². The summed E-state index contributed by atoms with van der Waals surface area (Å²) in [4.78, 5) is 26.7. The van der Waals surface area contributed by atoms with Crippen molar-refractivity contribution in [3.8, 4) is 0 Å². The monoisotopic (exact) mass is 352 g/mol.